The van der Waals surface area contributed by atoms with Crippen LogP contribution in [-0.2, 0) is 0 Å². The molecule has 5 heteroatoms. The third-order valence-corrected chi connectivity index (χ3v) is 4.14. The van der Waals surface area contributed by atoms with Crippen molar-refractivity contribution in [3.63, 3.8) is 0 Å². The van der Waals surface area contributed by atoms with Crippen LogP contribution >= 0.6 is 15.9 Å². The molecular formula is C14H18BrFN2O. The summed E-state index contributed by atoms with van der Waals surface area (Å²) in [7, 11) is 0. The van der Waals surface area contributed by atoms with Crippen molar-refractivity contribution in [1.82, 2.24) is 4.90 Å². The van der Waals surface area contributed by atoms with Crippen molar-refractivity contribution in [2.45, 2.75) is 25.8 Å². The van der Waals surface area contributed by atoms with Crippen LogP contribution in [0.5, 0.6) is 0 Å². The van der Waals surface area contributed by atoms with E-state index in [-0.39, 0.29) is 11.9 Å². The van der Waals surface area contributed by atoms with Crippen LogP contribution in [-0.4, -0.2) is 29.9 Å². The summed E-state index contributed by atoms with van der Waals surface area (Å²) < 4.78 is 13.9. The molecule has 0 radical (unpaired) electrons. The van der Waals surface area contributed by atoms with Gasteiger partial charge in [0.25, 0.3) is 5.91 Å². The molecular weight excluding hydrogens is 311 g/mol. The summed E-state index contributed by atoms with van der Waals surface area (Å²) in [6.45, 7) is 3.39. The Labute approximate surface area is 121 Å². The average molecular weight is 329 g/mol. The summed E-state index contributed by atoms with van der Waals surface area (Å²) in [5.74, 6) is -0.0326. The van der Waals surface area contributed by atoms with Gasteiger partial charge in [-0.2, -0.15) is 0 Å². The molecule has 104 valence electrons. The molecule has 2 N–H and O–H groups in total. The molecule has 19 heavy (non-hydrogen) atoms. The first-order valence-electron chi connectivity index (χ1n) is 6.48. The number of nitrogens with two attached hydrogens (primary N) is 1. The fourth-order valence-corrected chi connectivity index (χ4v) is 2.95. The average Bonchev–Trinajstić information content (AvgIpc) is 2.37. The summed E-state index contributed by atoms with van der Waals surface area (Å²) >= 11 is 3.21. The highest BCUT2D eigenvalue weighted by molar-refractivity contribution is 9.10. The van der Waals surface area contributed by atoms with Crippen LogP contribution in [0.3, 0.4) is 0 Å². The molecule has 1 aromatic carbocycles. The molecule has 0 aromatic heterocycles. The molecule has 1 heterocycles. The van der Waals surface area contributed by atoms with E-state index in [0.717, 1.165) is 12.8 Å². The van der Waals surface area contributed by atoms with Gasteiger partial charge in [0.05, 0.1) is 0 Å². The lowest BCUT2D eigenvalue weighted by molar-refractivity contribution is 0.0680. The van der Waals surface area contributed by atoms with Gasteiger partial charge < -0.3 is 10.6 Å². The maximum atomic E-state index is 13.3. The van der Waals surface area contributed by atoms with Crippen LogP contribution in [0.1, 0.15) is 30.1 Å². The molecule has 1 saturated heterocycles. The van der Waals surface area contributed by atoms with E-state index in [1.54, 1.807) is 11.0 Å². The zero-order chi connectivity index (χ0) is 14.0. The van der Waals surface area contributed by atoms with Gasteiger partial charge in [0.2, 0.25) is 0 Å². The first-order chi connectivity index (χ1) is 8.97. The van der Waals surface area contributed by atoms with Crippen LogP contribution in [0.4, 0.5) is 4.39 Å². The van der Waals surface area contributed by atoms with E-state index >= 15 is 0 Å². The van der Waals surface area contributed by atoms with Gasteiger partial charge in [0.15, 0.2) is 0 Å². The number of nitrogens with zero attached hydrogens (tertiary/aromatic N) is 1. The molecule has 1 aliphatic heterocycles. The minimum absolute atomic E-state index is 0.108. The Morgan fingerprint density at radius 2 is 2.05 bits per heavy atom. The second kappa shape index (κ2) is 6.01. The number of halogens is 2. The number of rotatable bonds is 2. The van der Waals surface area contributed by atoms with Gasteiger partial charge in [-0.05, 0) is 43.9 Å². The van der Waals surface area contributed by atoms with E-state index in [1.165, 1.54) is 12.1 Å². The summed E-state index contributed by atoms with van der Waals surface area (Å²) in [5.41, 5.74) is 6.27. The Bertz CT molecular complexity index is 450. The van der Waals surface area contributed by atoms with Crippen molar-refractivity contribution < 1.29 is 9.18 Å². The van der Waals surface area contributed by atoms with Crippen molar-refractivity contribution in [1.29, 1.82) is 0 Å². The molecule has 1 atom stereocenters. The van der Waals surface area contributed by atoms with Gasteiger partial charge >= 0.3 is 0 Å². The lowest BCUT2D eigenvalue weighted by Gasteiger charge is -2.33. The Morgan fingerprint density at radius 1 is 1.42 bits per heavy atom. The van der Waals surface area contributed by atoms with E-state index in [2.05, 4.69) is 15.9 Å². The van der Waals surface area contributed by atoms with Crippen molar-refractivity contribution in [3.05, 3.63) is 34.1 Å². The van der Waals surface area contributed by atoms with E-state index in [9.17, 15) is 9.18 Å². The first-order valence-corrected chi connectivity index (χ1v) is 7.27. The summed E-state index contributed by atoms with van der Waals surface area (Å²) in [6.07, 6.45) is 1.83. The van der Waals surface area contributed by atoms with Crippen molar-refractivity contribution in [3.8, 4) is 0 Å². The largest absolute Gasteiger partial charge is 0.339 e. The Morgan fingerprint density at radius 3 is 2.58 bits per heavy atom. The minimum atomic E-state index is -0.400. The lowest BCUT2D eigenvalue weighted by atomic mass is 9.90. The maximum Gasteiger partial charge on any atom is 0.253 e. The number of piperidine rings is 1. The molecule has 1 aliphatic rings. The number of carbonyl (C=O) groups is 1. The van der Waals surface area contributed by atoms with Crippen LogP contribution in [0.2, 0.25) is 0 Å². The molecule has 2 rings (SSSR count). The molecule has 1 unspecified atom stereocenters. The molecule has 3 nitrogen and oxygen atoms in total. The van der Waals surface area contributed by atoms with Gasteiger partial charge in [-0.25, -0.2) is 4.39 Å². The quantitative estimate of drug-likeness (QED) is 0.907. The molecule has 0 bridgehead atoms. The third-order valence-electron chi connectivity index (χ3n) is 3.68. The number of amides is 1. The normalized spacial score (nSPS) is 18.4. The molecule has 1 amide bonds. The molecule has 0 aliphatic carbocycles. The fourth-order valence-electron chi connectivity index (χ4n) is 2.49. The predicted octanol–water partition coefficient (Wildman–Crippen LogP) is 2.79. The van der Waals surface area contributed by atoms with E-state index in [4.69, 9.17) is 5.73 Å². The highest BCUT2D eigenvalue weighted by Gasteiger charge is 2.25. The maximum absolute atomic E-state index is 13.3. The monoisotopic (exact) mass is 328 g/mol. The zero-order valence-corrected chi connectivity index (χ0v) is 12.5. The van der Waals surface area contributed by atoms with E-state index in [1.807, 2.05) is 6.92 Å². The van der Waals surface area contributed by atoms with Crippen LogP contribution in [0.25, 0.3) is 0 Å². The second-order valence-electron chi connectivity index (χ2n) is 5.15. The van der Waals surface area contributed by atoms with E-state index in [0.29, 0.717) is 29.0 Å². The molecule has 0 saturated carbocycles. The highest BCUT2D eigenvalue weighted by Crippen LogP contribution is 2.22. The lowest BCUT2D eigenvalue weighted by Crippen LogP contribution is -2.42. The summed E-state index contributed by atoms with van der Waals surface area (Å²) in [4.78, 5) is 14.1. The topological polar surface area (TPSA) is 46.3 Å². The van der Waals surface area contributed by atoms with Gasteiger partial charge in [-0.15, -0.1) is 0 Å². The SMILES string of the molecule is CC(N)C1CCN(C(=O)c2cc(F)cc(Br)c2)CC1. The number of benzene rings is 1. The minimum Gasteiger partial charge on any atom is -0.339 e. The zero-order valence-electron chi connectivity index (χ0n) is 10.9. The predicted molar refractivity (Wildman–Crippen MR) is 76.4 cm³/mol. The number of hydrogen-bond acceptors (Lipinski definition) is 2. The Balaban J connectivity index is 2.05. The summed E-state index contributed by atoms with van der Waals surface area (Å²) in [6, 6.07) is 4.45. The van der Waals surface area contributed by atoms with E-state index < -0.39 is 5.82 Å². The standard InChI is InChI=1S/C14H18BrFN2O/c1-9(17)10-2-4-18(5-3-10)14(19)11-6-12(15)8-13(16)7-11/h6-10H,2-5,17H2,1H3. The van der Waals surface area contributed by atoms with Gasteiger partial charge in [-0.3, -0.25) is 4.79 Å². The van der Waals surface area contributed by atoms with Crippen molar-refractivity contribution >= 4 is 21.8 Å². The number of likely N-dealkylation sites (tertiary alicyclic amines) is 1. The second-order valence-corrected chi connectivity index (χ2v) is 6.06. The van der Waals surface area contributed by atoms with Gasteiger partial charge in [0.1, 0.15) is 5.82 Å². The Kier molecular flexibility index (Phi) is 4.58. The van der Waals surface area contributed by atoms with Crippen LogP contribution < -0.4 is 5.73 Å². The smallest absolute Gasteiger partial charge is 0.253 e. The number of carbonyl (C=O) groups excluding carboxylic acids is 1. The molecule has 1 fully saturated rings. The number of hydrogen-bond donors (Lipinski definition) is 1. The highest BCUT2D eigenvalue weighted by atomic mass is 79.9. The molecule has 1 aromatic rings. The van der Waals surface area contributed by atoms with Crippen LogP contribution in [0, 0.1) is 11.7 Å². The van der Waals surface area contributed by atoms with Gasteiger partial charge in [0, 0.05) is 29.2 Å². The Hall–Kier alpha value is -0.940. The first kappa shape index (κ1) is 14.5. The molecule has 0 spiro atoms. The fraction of sp³-hybridized carbons (Fsp3) is 0.500. The van der Waals surface area contributed by atoms with Crippen LogP contribution in [0.15, 0.2) is 22.7 Å². The summed E-state index contributed by atoms with van der Waals surface area (Å²) in [5, 5.41) is 0. The van der Waals surface area contributed by atoms with Gasteiger partial charge in [-0.1, -0.05) is 15.9 Å². The van der Waals surface area contributed by atoms with Crippen molar-refractivity contribution in [2.75, 3.05) is 13.1 Å². The van der Waals surface area contributed by atoms with Crippen molar-refractivity contribution in [2.24, 2.45) is 11.7 Å². The third kappa shape index (κ3) is 3.54.